The zero-order valence-corrected chi connectivity index (χ0v) is 13.9. The molecule has 7 heteroatoms. The predicted octanol–water partition coefficient (Wildman–Crippen LogP) is 2.99. The summed E-state index contributed by atoms with van der Waals surface area (Å²) in [5.74, 6) is 0. The molecule has 2 aromatic carbocycles. The van der Waals surface area contributed by atoms with E-state index in [1.807, 2.05) is 24.3 Å². The fourth-order valence-corrected chi connectivity index (χ4v) is 3.26. The second-order valence-corrected chi connectivity index (χ2v) is 6.21. The average molecular weight is 341 g/mol. The summed E-state index contributed by atoms with van der Waals surface area (Å²) in [6, 6.07) is 9.56. The van der Waals surface area contributed by atoms with Crippen molar-refractivity contribution < 1.29 is 14.8 Å². The molecule has 7 nitrogen and oxygen atoms in total. The molecule has 0 spiro atoms. The normalized spacial score (nSPS) is 18.5. The number of urea groups is 1. The SMILES string of the molecule is Cc1ccc([N+](=O)[O-])c(C)c1NC(=O)N[C@H]1c2ccccc2C[C@H]1O. The zero-order valence-electron chi connectivity index (χ0n) is 13.9. The second kappa shape index (κ2) is 6.52. The second-order valence-electron chi connectivity index (χ2n) is 6.21. The van der Waals surface area contributed by atoms with E-state index in [0.29, 0.717) is 17.7 Å². The monoisotopic (exact) mass is 341 g/mol. The average Bonchev–Trinajstić information content (AvgIpc) is 2.87. The van der Waals surface area contributed by atoms with Crippen molar-refractivity contribution >= 4 is 17.4 Å². The Bertz CT molecular complexity index is 850. The lowest BCUT2D eigenvalue weighted by atomic mass is 10.1. The number of aliphatic hydroxyl groups is 1. The van der Waals surface area contributed by atoms with Gasteiger partial charge in [0.15, 0.2) is 0 Å². The lowest BCUT2D eigenvalue weighted by Crippen LogP contribution is -2.37. The van der Waals surface area contributed by atoms with Crippen LogP contribution in [0.15, 0.2) is 36.4 Å². The first-order valence-electron chi connectivity index (χ1n) is 7.96. The van der Waals surface area contributed by atoms with E-state index in [2.05, 4.69) is 10.6 Å². The van der Waals surface area contributed by atoms with Crippen molar-refractivity contribution in [2.75, 3.05) is 5.32 Å². The van der Waals surface area contributed by atoms with Crippen LogP contribution in [0.5, 0.6) is 0 Å². The van der Waals surface area contributed by atoms with Crippen molar-refractivity contribution in [1.29, 1.82) is 0 Å². The van der Waals surface area contributed by atoms with E-state index in [4.69, 9.17) is 0 Å². The van der Waals surface area contributed by atoms with Crippen molar-refractivity contribution in [3.63, 3.8) is 0 Å². The van der Waals surface area contributed by atoms with Crippen molar-refractivity contribution in [3.8, 4) is 0 Å². The molecular formula is C18H19N3O4. The van der Waals surface area contributed by atoms with Gasteiger partial charge in [0.05, 0.1) is 28.3 Å². The van der Waals surface area contributed by atoms with Crippen LogP contribution in [0.25, 0.3) is 0 Å². The number of hydrogen-bond donors (Lipinski definition) is 3. The van der Waals surface area contributed by atoms with Crippen molar-refractivity contribution in [3.05, 3.63) is 68.8 Å². The minimum absolute atomic E-state index is 0.0489. The lowest BCUT2D eigenvalue weighted by Gasteiger charge is -2.19. The van der Waals surface area contributed by atoms with Gasteiger partial charge >= 0.3 is 6.03 Å². The van der Waals surface area contributed by atoms with Crippen LogP contribution >= 0.6 is 0 Å². The Hall–Kier alpha value is -2.93. The summed E-state index contributed by atoms with van der Waals surface area (Å²) in [7, 11) is 0. The first-order chi connectivity index (χ1) is 11.9. The predicted molar refractivity (Wildman–Crippen MR) is 93.6 cm³/mol. The lowest BCUT2D eigenvalue weighted by molar-refractivity contribution is -0.385. The highest BCUT2D eigenvalue weighted by atomic mass is 16.6. The quantitative estimate of drug-likeness (QED) is 0.589. The number of nitro benzene ring substituents is 1. The van der Waals surface area contributed by atoms with Crippen LogP contribution in [0, 0.1) is 24.0 Å². The third-order valence-electron chi connectivity index (χ3n) is 4.57. The summed E-state index contributed by atoms with van der Waals surface area (Å²) in [6.07, 6.45) is -0.217. The van der Waals surface area contributed by atoms with Crippen LogP contribution in [0.4, 0.5) is 16.2 Å². The fraction of sp³-hybridized carbons (Fsp3) is 0.278. The topological polar surface area (TPSA) is 105 Å². The van der Waals surface area contributed by atoms with E-state index in [9.17, 15) is 20.0 Å². The smallest absolute Gasteiger partial charge is 0.319 e. The molecule has 3 N–H and O–H groups in total. The molecule has 0 aliphatic heterocycles. The van der Waals surface area contributed by atoms with Gasteiger partial charge in [-0.2, -0.15) is 0 Å². The number of nitrogens with one attached hydrogen (secondary N) is 2. The van der Waals surface area contributed by atoms with Gasteiger partial charge in [-0.3, -0.25) is 10.1 Å². The number of nitro groups is 1. The van der Waals surface area contributed by atoms with Gasteiger partial charge in [-0.15, -0.1) is 0 Å². The highest BCUT2D eigenvalue weighted by Gasteiger charge is 2.32. The number of carbonyl (C=O) groups excluding carboxylic acids is 1. The van der Waals surface area contributed by atoms with E-state index in [0.717, 1.165) is 16.7 Å². The van der Waals surface area contributed by atoms with Crippen molar-refractivity contribution in [2.45, 2.75) is 32.4 Å². The Morgan fingerprint density at radius 2 is 1.96 bits per heavy atom. The minimum Gasteiger partial charge on any atom is -0.390 e. The molecule has 2 amide bonds. The highest BCUT2D eigenvalue weighted by Crippen LogP contribution is 2.32. The maximum Gasteiger partial charge on any atom is 0.319 e. The van der Waals surface area contributed by atoms with E-state index in [1.165, 1.54) is 6.07 Å². The van der Waals surface area contributed by atoms with Gasteiger partial charge < -0.3 is 15.7 Å². The Kier molecular flexibility index (Phi) is 4.41. The maximum atomic E-state index is 12.4. The number of amides is 2. The third-order valence-corrected chi connectivity index (χ3v) is 4.57. The Labute approximate surface area is 144 Å². The fourth-order valence-electron chi connectivity index (χ4n) is 3.26. The summed E-state index contributed by atoms with van der Waals surface area (Å²) < 4.78 is 0. The third kappa shape index (κ3) is 3.18. The highest BCUT2D eigenvalue weighted by molar-refractivity contribution is 5.92. The largest absolute Gasteiger partial charge is 0.390 e. The molecule has 0 saturated heterocycles. The molecular weight excluding hydrogens is 322 g/mol. The Balaban J connectivity index is 1.80. The summed E-state index contributed by atoms with van der Waals surface area (Å²) in [5.41, 5.74) is 3.37. The van der Waals surface area contributed by atoms with Gasteiger partial charge in [0.25, 0.3) is 5.69 Å². The number of carbonyl (C=O) groups is 1. The van der Waals surface area contributed by atoms with Gasteiger partial charge in [-0.1, -0.05) is 30.3 Å². The maximum absolute atomic E-state index is 12.4. The first kappa shape index (κ1) is 16.9. The van der Waals surface area contributed by atoms with Crippen LogP contribution in [-0.2, 0) is 6.42 Å². The molecule has 0 aromatic heterocycles. The minimum atomic E-state index is -0.699. The van der Waals surface area contributed by atoms with E-state index < -0.39 is 23.1 Å². The van der Waals surface area contributed by atoms with Gasteiger partial charge in [0.1, 0.15) is 0 Å². The summed E-state index contributed by atoms with van der Waals surface area (Å²) in [4.78, 5) is 23.0. The number of benzene rings is 2. The van der Waals surface area contributed by atoms with Gasteiger partial charge in [0, 0.05) is 12.5 Å². The van der Waals surface area contributed by atoms with E-state index >= 15 is 0 Å². The number of fused-ring (bicyclic) bond motifs is 1. The first-order valence-corrected chi connectivity index (χ1v) is 7.96. The van der Waals surface area contributed by atoms with E-state index in [1.54, 1.807) is 19.9 Å². The standard InChI is InChI=1S/C18H19N3O4/c1-10-7-8-14(21(24)25)11(2)16(10)19-18(23)20-17-13-6-4-3-5-12(13)9-15(17)22/h3-8,15,17,22H,9H2,1-2H3,(H2,19,20,23)/t15-,17+/m1/s1. The van der Waals surface area contributed by atoms with Crippen LogP contribution in [0.3, 0.4) is 0 Å². The van der Waals surface area contributed by atoms with Gasteiger partial charge in [0.2, 0.25) is 0 Å². The molecule has 0 bridgehead atoms. The molecule has 0 fully saturated rings. The van der Waals surface area contributed by atoms with Crippen LogP contribution in [-0.4, -0.2) is 22.2 Å². The number of nitrogens with zero attached hydrogens (tertiary/aromatic N) is 1. The van der Waals surface area contributed by atoms with Gasteiger partial charge in [-0.25, -0.2) is 4.79 Å². The molecule has 0 heterocycles. The van der Waals surface area contributed by atoms with Crippen LogP contribution < -0.4 is 10.6 Å². The zero-order chi connectivity index (χ0) is 18.1. The molecule has 25 heavy (non-hydrogen) atoms. The molecule has 0 radical (unpaired) electrons. The number of aliphatic hydroxyl groups excluding tert-OH is 1. The van der Waals surface area contributed by atoms with E-state index in [-0.39, 0.29) is 5.69 Å². The van der Waals surface area contributed by atoms with Crippen LogP contribution in [0.2, 0.25) is 0 Å². The summed E-state index contributed by atoms with van der Waals surface area (Å²) >= 11 is 0. The molecule has 0 saturated carbocycles. The molecule has 1 aliphatic carbocycles. The number of rotatable bonds is 3. The molecule has 2 atom stereocenters. The Morgan fingerprint density at radius 1 is 1.24 bits per heavy atom. The van der Waals surface area contributed by atoms with Gasteiger partial charge in [-0.05, 0) is 30.5 Å². The van der Waals surface area contributed by atoms with Crippen molar-refractivity contribution in [1.82, 2.24) is 5.32 Å². The van der Waals surface area contributed by atoms with Crippen LogP contribution in [0.1, 0.15) is 28.3 Å². The molecule has 0 unspecified atom stereocenters. The molecule has 3 rings (SSSR count). The summed E-state index contributed by atoms with van der Waals surface area (Å²) in [6.45, 7) is 3.37. The number of aryl methyl sites for hydroxylation is 1. The number of anilines is 1. The molecule has 2 aromatic rings. The Morgan fingerprint density at radius 3 is 2.68 bits per heavy atom. The number of hydrogen-bond acceptors (Lipinski definition) is 4. The molecule has 1 aliphatic rings. The van der Waals surface area contributed by atoms with Crippen molar-refractivity contribution in [2.24, 2.45) is 0 Å². The molecule has 130 valence electrons. The summed E-state index contributed by atoms with van der Waals surface area (Å²) in [5, 5.41) is 26.7.